The highest BCUT2D eigenvalue weighted by molar-refractivity contribution is 7.16. The second-order valence-corrected chi connectivity index (χ2v) is 6.45. The minimum absolute atomic E-state index is 0.0508. The molecule has 1 aromatic carbocycles. The predicted octanol–water partition coefficient (Wildman–Crippen LogP) is 3.08. The summed E-state index contributed by atoms with van der Waals surface area (Å²) in [5, 5.41) is 0.523. The fourth-order valence-corrected chi connectivity index (χ4v) is 3.91. The summed E-state index contributed by atoms with van der Waals surface area (Å²) in [7, 11) is 0. The quantitative estimate of drug-likeness (QED) is 0.878. The van der Waals surface area contributed by atoms with Crippen molar-refractivity contribution in [3.05, 3.63) is 51.9 Å². The molecule has 1 aliphatic rings. The van der Waals surface area contributed by atoms with Gasteiger partial charge in [0.15, 0.2) is 5.78 Å². The molecular weight excluding hydrogens is 312 g/mol. The predicted molar refractivity (Wildman–Crippen MR) is 89.7 cm³/mol. The van der Waals surface area contributed by atoms with Crippen molar-refractivity contribution < 1.29 is 14.3 Å². The van der Waals surface area contributed by atoms with Gasteiger partial charge < -0.3 is 15.4 Å². The number of nitrogen functional groups attached to an aromatic ring is 1. The third-order valence-corrected chi connectivity index (χ3v) is 4.92. The number of nitrogens with zero attached hydrogens (tertiary/aromatic N) is 1. The number of benzene rings is 1. The molecule has 0 bridgehead atoms. The number of rotatable bonds is 3. The van der Waals surface area contributed by atoms with Crippen LogP contribution in [0.5, 0.6) is 0 Å². The third kappa shape index (κ3) is 2.94. The summed E-state index contributed by atoms with van der Waals surface area (Å²) >= 11 is 1.39. The van der Waals surface area contributed by atoms with Crippen molar-refractivity contribution in [1.82, 2.24) is 4.90 Å². The Kier molecular flexibility index (Phi) is 4.34. The summed E-state index contributed by atoms with van der Waals surface area (Å²) in [6.07, 6.45) is 0.302. The van der Waals surface area contributed by atoms with E-state index in [1.807, 2.05) is 18.2 Å². The Bertz CT molecular complexity index is 740. The van der Waals surface area contributed by atoms with Crippen molar-refractivity contribution in [3.8, 4) is 0 Å². The first-order valence-electron chi connectivity index (χ1n) is 7.53. The highest BCUT2D eigenvalue weighted by atomic mass is 32.1. The highest BCUT2D eigenvalue weighted by Gasteiger charge is 2.29. The molecule has 5 nitrogen and oxygen atoms in total. The van der Waals surface area contributed by atoms with E-state index in [4.69, 9.17) is 10.5 Å². The third-order valence-electron chi connectivity index (χ3n) is 3.87. The zero-order chi connectivity index (χ0) is 16.4. The van der Waals surface area contributed by atoms with E-state index in [0.29, 0.717) is 42.2 Å². The van der Waals surface area contributed by atoms with Crippen LogP contribution in [0.3, 0.4) is 0 Å². The molecule has 0 unspecified atom stereocenters. The molecule has 2 heterocycles. The number of hydrogen-bond acceptors (Lipinski definition) is 5. The number of fused-ring (bicyclic) bond motifs is 1. The lowest BCUT2D eigenvalue weighted by molar-refractivity contribution is 0.102. The largest absolute Gasteiger partial charge is 0.450 e. The van der Waals surface area contributed by atoms with Gasteiger partial charge in [0.2, 0.25) is 0 Å². The molecule has 0 atom stereocenters. The van der Waals surface area contributed by atoms with E-state index < -0.39 is 0 Å². The molecule has 1 amide bonds. The monoisotopic (exact) mass is 330 g/mol. The van der Waals surface area contributed by atoms with Crippen LogP contribution in [0.1, 0.15) is 33.3 Å². The lowest BCUT2D eigenvalue weighted by Gasteiger charge is -2.26. The van der Waals surface area contributed by atoms with Gasteiger partial charge in [0.1, 0.15) is 0 Å². The number of nitrogens with two attached hydrogens (primary N) is 1. The van der Waals surface area contributed by atoms with Crippen LogP contribution in [0.4, 0.5) is 9.80 Å². The van der Waals surface area contributed by atoms with E-state index in [1.165, 1.54) is 11.3 Å². The summed E-state index contributed by atoms with van der Waals surface area (Å²) in [5.41, 5.74) is 8.31. The number of ketones is 1. The Morgan fingerprint density at radius 3 is 2.74 bits per heavy atom. The van der Waals surface area contributed by atoms with Gasteiger partial charge in [-0.25, -0.2) is 4.79 Å². The summed E-state index contributed by atoms with van der Waals surface area (Å²) in [4.78, 5) is 27.2. The van der Waals surface area contributed by atoms with Gasteiger partial charge in [-0.3, -0.25) is 4.79 Å². The molecule has 6 heteroatoms. The molecule has 2 N–H and O–H groups in total. The smallest absolute Gasteiger partial charge is 0.410 e. The molecular formula is C17H18N2O3S. The molecule has 3 rings (SSSR count). The Morgan fingerprint density at radius 1 is 1.30 bits per heavy atom. The fraction of sp³-hybridized carbons (Fsp3) is 0.294. The number of ether oxygens (including phenoxy) is 1. The van der Waals surface area contributed by atoms with E-state index in [-0.39, 0.29) is 11.9 Å². The maximum Gasteiger partial charge on any atom is 0.410 e. The zero-order valence-electron chi connectivity index (χ0n) is 12.9. The minimum atomic E-state index is -0.318. The molecule has 0 saturated heterocycles. The van der Waals surface area contributed by atoms with Crippen LogP contribution in [0, 0.1) is 0 Å². The Hall–Kier alpha value is -2.34. The van der Waals surface area contributed by atoms with Gasteiger partial charge in [-0.05, 0) is 18.9 Å². The van der Waals surface area contributed by atoms with Crippen molar-refractivity contribution in [3.63, 3.8) is 0 Å². The van der Waals surface area contributed by atoms with Crippen molar-refractivity contribution >= 4 is 28.2 Å². The van der Waals surface area contributed by atoms with E-state index >= 15 is 0 Å². The summed E-state index contributed by atoms with van der Waals surface area (Å²) < 4.78 is 5.04. The van der Waals surface area contributed by atoms with Gasteiger partial charge in [-0.1, -0.05) is 30.3 Å². The Labute approximate surface area is 138 Å². The molecule has 1 aliphatic heterocycles. The average Bonchev–Trinajstić information content (AvgIpc) is 2.90. The number of carbonyl (C=O) groups excluding carboxylic acids is 2. The zero-order valence-corrected chi connectivity index (χ0v) is 13.7. The molecule has 0 radical (unpaired) electrons. The Balaban J connectivity index is 1.89. The fourth-order valence-electron chi connectivity index (χ4n) is 2.78. The van der Waals surface area contributed by atoms with E-state index in [1.54, 1.807) is 24.0 Å². The standard InChI is InChI=1S/C17H18N2O3S/c1-2-22-17(21)19-9-8-12-13(10-19)23-16(18)14(12)15(20)11-6-4-3-5-7-11/h3-7H,2,8-10,18H2,1H3. The maximum absolute atomic E-state index is 12.7. The SMILES string of the molecule is CCOC(=O)N1CCc2c(sc(N)c2C(=O)c2ccccc2)C1. The van der Waals surface area contributed by atoms with Crippen LogP contribution in [-0.4, -0.2) is 29.9 Å². The highest BCUT2D eigenvalue weighted by Crippen LogP contribution is 2.36. The van der Waals surface area contributed by atoms with Crippen LogP contribution < -0.4 is 5.73 Å². The molecule has 0 spiro atoms. The molecule has 120 valence electrons. The van der Waals surface area contributed by atoms with Crippen LogP contribution in [-0.2, 0) is 17.7 Å². The van der Waals surface area contributed by atoms with Gasteiger partial charge in [0.25, 0.3) is 0 Å². The molecule has 23 heavy (non-hydrogen) atoms. The van der Waals surface area contributed by atoms with E-state index in [2.05, 4.69) is 0 Å². The van der Waals surface area contributed by atoms with E-state index in [9.17, 15) is 9.59 Å². The number of hydrogen-bond donors (Lipinski definition) is 1. The van der Waals surface area contributed by atoms with Crippen LogP contribution in [0.25, 0.3) is 0 Å². The van der Waals surface area contributed by atoms with Crippen LogP contribution in [0.2, 0.25) is 0 Å². The van der Waals surface area contributed by atoms with Crippen molar-refractivity contribution in [2.45, 2.75) is 19.9 Å². The summed E-state index contributed by atoms with van der Waals surface area (Å²) in [6, 6.07) is 9.13. The van der Waals surface area contributed by atoms with Crippen molar-refractivity contribution in [2.24, 2.45) is 0 Å². The van der Waals surface area contributed by atoms with Gasteiger partial charge >= 0.3 is 6.09 Å². The van der Waals surface area contributed by atoms with Gasteiger partial charge in [-0.2, -0.15) is 0 Å². The first-order chi connectivity index (χ1) is 11.1. The topological polar surface area (TPSA) is 72.6 Å². The molecule has 2 aromatic rings. The average molecular weight is 330 g/mol. The number of carbonyl (C=O) groups is 2. The first kappa shape index (κ1) is 15.6. The molecule has 0 aliphatic carbocycles. The normalized spacial score (nSPS) is 13.5. The van der Waals surface area contributed by atoms with Crippen molar-refractivity contribution in [1.29, 1.82) is 0 Å². The second-order valence-electron chi connectivity index (χ2n) is 5.31. The van der Waals surface area contributed by atoms with E-state index in [0.717, 1.165) is 10.4 Å². The van der Waals surface area contributed by atoms with Crippen LogP contribution >= 0.6 is 11.3 Å². The van der Waals surface area contributed by atoms with Gasteiger partial charge in [-0.15, -0.1) is 11.3 Å². The summed E-state index contributed by atoms with van der Waals surface area (Å²) in [5.74, 6) is -0.0508. The summed E-state index contributed by atoms with van der Waals surface area (Å²) in [6.45, 7) is 3.13. The number of anilines is 1. The molecule has 0 saturated carbocycles. The lowest BCUT2D eigenvalue weighted by Crippen LogP contribution is -2.36. The van der Waals surface area contributed by atoms with Gasteiger partial charge in [0, 0.05) is 17.0 Å². The van der Waals surface area contributed by atoms with Crippen LogP contribution in [0.15, 0.2) is 30.3 Å². The lowest BCUT2D eigenvalue weighted by atomic mass is 9.96. The number of amides is 1. The Morgan fingerprint density at radius 2 is 2.04 bits per heavy atom. The molecule has 0 fully saturated rings. The number of thiophene rings is 1. The molecule has 1 aromatic heterocycles. The van der Waals surface area contributed by atoms with Gasteiger partial charge in [0.05, 0.1) is 23.7 Å². The second kappa shape index (κ2) is 6.42. The first-order valence-corrected chi connectivity index (χ1v) is 8.35. The van der Waals surface area contributed by atoms with Crippen molar-refractivity contribution in [2.75, 3.05) is 18.9 Å². The minimum Gasteiger partial charge on any atom is -0.450 e. The maximum atomic E-state index is 12.7.